The highest BCUT2D eigenvalue weighted by Gasteiger charge is 2.12. The third-order valence-electron chi connectivity index (χ3n) is 1.96. The summed E-state index contributed by atoms with van der Waals surface area (Å²) in [5.74, 6) is -0.0688. The Morgan fingerprint density at radius 3 is 2.75 bits per heavy atom. The molecule has 0 aliphatic carbocycles. The second-order valence-corrected chi connectivity index (χ2v) is 3.21. The molecule has 0 saturated heterocycles. The van der Waals surface area contributed by atoms with Crippen molar-refractivity contribution in [1.82, 2.24) is 9.97 Å². The number of hydrogen-bond donors (Lipinski definition) is 2. The number of nitrogen functional groups attached to an aromatic ring is 1. The first-order valence-corrected chi connectivity index (χ1v) is 4.51. The maximum Gasteiger partial charge on any atom is 0.354 e. The minimum absolute atomic E-state index is 0.0936. The highest BCUT2D eigenvalue weighted by Crippen LogP contribution is 2.21. The van der Waals surface area contributed by atoms with Gasteiger partial charge in [0.25, 0.3) is 0 Å². The number of rotatable bonds is 2. The normalized spacial score (nSPS) is 10.3. The molecule has 2 rings (SSSR count). The Hall–Kier alpha value is -2.37. The highest BCUT2D eigenvalue weighted by atomic mass is 16.4. The van der Waals surface area contributed by atoms with Crippen LogP contribution in [0.3, 0.4) is 0 Å². The molecule has 2 heterocycles. The third kappa shape index (κ3) is 1.85. The number of furan rings is 1. The number of aryl methyl sites for hydroxylation is 1. The molecule has 2 aromatic rings. The molecular formula is C10H9N3O3. The van der Waals surface area contributed by atoms with E-state index in [4.69, 9.17) is 15.3 Å². The van der Waals surface area contributed by atoms with E-state index in [-0.39, 0.29) is 11.6 Å². The molecule has 0 fully saturated rings. The Balaban J connectivity index is 2.53. The van der Waals surface area contributed by atoms with Crippen molar-refractivity contribution in [2.45, 2.75) is 6.92 Å². The van der Waals surface area contributed by atoms with E-state index in [9.17, 15) is 4.79 Å². The predicted molar refractivity (Wildman–Crippen MR) is 55.8 cm³/mol. The summed E-state index contributed by atoms with van der Waals surface area (Å²) in [6, 6.07) is 4.77. The van der Waals surface area contributed by atoms with Crippen LogP contribution in [0.25, 0.3) is 11.5 Å². The minimum atomic E-state index is -1.15. The monoisotopic (exact) mass is 219 g/mol. The molecular weight excluding hydrogens is 210 g/mol. The molecule has 6 nitrogen and oxygen atoms in total. The van der Waals surface area contributed by atoms with Gasteiger partial charge in [-0.05, 0) is 19.1 Å². The van der Waals surface area contributed by atoms with Crippen LogP contribution >= 0.6 is 0 Å². The van der Waals surface area contributed by atoms with Crippen molar-refractivity contribution in [2.75, 3.05) is 5.73 Å². The van der Waals surface area contributed by atoms with Gasteiger partial charge in [-0.15, -0.1) is 0 Å². The van der Waals surface area contributed by atoms with E-state index in [1.54, 1.807) is 19.1 Å². The second kappa shape index (κ2) is 3.65. The summed E-state index contributed by atoms with van der Waals surface area (Å²) in [5.41, 5.74) is 5.62. The van der Waals surface area contributed by atoms with Gasteiger partial charge in [-0.2, -0.15) is 0 Å². The van der Waals surface area contributed by atoms with E-state index >= 15 is 0 Å². The third-order valence-corrected chi connectivity index (χ3v) is 1.96. The number of carboxylic acid groups (broad SMARTS) is 1. The van der Waals surface area contributed by atoms with Crippen molar-refractivity contribution in [1.29, 1.82) is 0 Å². The van der Waals surface area contributed by atoms with Crippen LogP contribution in [0.5, 0.6) is 0 Å². The molecule has 0 radical (unpaired) electrons. The highest BCUT2D eigenvalue weighted by molar-refractivity contribution is 5.86. The maximum atomic E-state index is 10.8. The Morgan fingerprint density at radius 1 is 1.44 bits per heavy atom. The fourth-order valence-corrected chi connectivity index (χ4v) is 1.27. The number of aromatic nitrogens is 2. The van der Waals surface area contributed by atoms with Crippen LogP contribution in [-0.2, 0) is 0 Å². The summed E-state index contributed by atoms with van der Waals surface area (Å²) in [6.07, 6.45) is 0. The van der Waals surface area contributed by atoms with Gasteiger partial charge in [0.2, 0.25) is 5.95 Å². The Kier molecular flexibility index (Phi) is 2.32. The molecule has 0 aliphatic rings. The SMILES string of the molecule is Cc1ccc(-c2cc(C(=O)O)nc(N)n2)o1. The van der Waals surface area contributed by atoms with Crippen molar-refractivity contribution >= 4 is 11.9 Å². The van der Waals surface area contributed by atoms with E-state index in [1.807, 2.05) is 0 Å². The number of anilines is 1. The Labute approximate surface area is 90.7 Å². The van der Waals surface area contributed by atoms with Gasteiger partial charge in [-0.1, -0.05) is 0 Å². The first-order valence-electron chi connectivity index (χ1n) is 4.51. The van der Waals surface area contributed by atoms with Crippen LogP contribution in [0.1, 0.15) is 16.2 Å². The van der Waals surface area contributed by atoms with Gasteiger partial charge in [0.1, 0.15) is 11.5 Å². The standard InChI is InChI=1S/C10H9N3O3/c1-5-2-3-8(16-5)6-4-7(9(14)15)13-10(11)12-6/h2-4H,1H3,(H,14,15)(H2,11,12,13). The largest absolute Gasteiger partial charge is 0.477 e. The van der Waals surface area contributed by atoms with Gasteiger partial charge >= 0.3 is 5.97 Å². The van der Waals surface area contributed by atoms with Gasteiger partial charge in [0.05, 0.1) is 0 Å². The molecule has 16 heavy (non-hydrogen) atoms. The van der Waals surface area contributed by atoms with Crippen LogP contribution in [0.2, 0.25) is 0 Å². The summed E-state index contributed by atoms with van der Waals surface area (Å²) >= 11 is 0. The molecule has 0 aromatic carbocycles. The average Bonchev–Trinajstić information content (AvgIpc) is 2.64. The lowest BCUT2D eigenvalue weighted by Gasteiger charge is -2.00. The summed E-state index contributed by atoms with van der Waals surface area (Å²) in [6.45, 7) is 1.78. The zero-order chi connectivity index (χ0) is 11.7. The Bertz CT molecular complexity index is 548. The zero-order valence-corrected chi connectivity index (χ0v) is 8.47. The lowest BCUT2D eigenvalue weighted by Crippen LogP contribution is -2.05. The molecule has 2 aromatic heterocycles. The van der Waals surface area contributed by atoms with Crippen molar-refractivity contribution in [3.8, 4) is 11.5 Å². The van der Waals surface area contributed by atoms with Gasteiger partial charge in [-0.25, -0.2) is 14.8 Å². The topological polar surface area (TPSA) is 102 Å². The molecule has 0 saturated carbocycles. The van der Waals surface area contributed by atoms with E-state index < -0.39 is 5.97 Å². The molecule has 6 heteroatoms. The van der Waals surface area contributed by atoms with Crippen molar-refractivity contribution in [2.24, 2.45) is 0 Å². The number of aromatic carboxylic acids is 1. The van der Waals surface area contributed by atoms with E-state index in [0.29, 0.717) is 17.2 Å². The quantitative estimate of drug-likeness (QED) is 0.789. The Morgan fingerprint density at radius 2 is 2.19 bits per heavy atom. The first kappa shape index (κ1) is 10.2. The van der Waals surface area contributed by atoms with Crippen molar-refractivity contribution < 1.29 is 14.3 Å². The first-order chi connectivity index (χ1) is 7.56. The van der Waals surface area contributed by atoms with Crippen LogP contribution in [0.15, 0.2) is 22.6 Å². The van der Waals surface area contributed by atoms with E-state index in [0.717, 1.165) is 0 Å². The summed E-state index contributed by atoms with van der Waals surface area (Å²) in [4.78, 5) is 18.3. The minimum Gasteiger partial charge on any atom is -0.477 e. The van der Waals surface area contributed by atoms with Gasteiger partial charge in [-0.3, -0.25) is 0 Å². The second-order valence-electron chi connectivity index (χ2n) is 3.21. The summed E-state index contributed by atoms with van der Waals surface area (Å²) in [7, 11) is 0. The van der Waals surface area contributed by atoms with Gasteiger partial charge < -0.3 is 15.3 Å². The average molecular weight is 219 g/mol. The zero-order valence-electron chi connectivity index (χ0n) is 8.47. The fraction of sp³-hybridized carbons (Fsp3) is 0.100. The predicted octanol–water partition coefficient (Wildman–Crippen LogP) is 1.33. The number of nitrogens with zero attached hydrogens (tertiary/aromatic N) is 2. The number of hydrogen-bond acceptors (Lipinski definition) is 5. The lowest BCUT2D eigenvalue weighted by atomic mass is 10.2. The molecule has 0 amide bonds. The summed E-state index contributed by atoms with van der Waals surface area (Å²) < 4.78 is 5.32. The van der Waals surface area contributed by atoms with Crippen LogP contribution in [-0.4, -0.2) is 21.0 Å². The van der Waals surface area contributed by atoms with Crippen LogP contribution < -0.4 is 5.73 Å². The summed E-state index contributed by atoms with van der Waals surface area (Å²) in [5, 5.41) is 8.81. The van der Waals surface area contributed by atoms with Gasteiger partial charge in [0, 0.05) is 6.07 Å². The van der Waals surface area contributed by atoms with Crippen molar-refractivity contribution in [3.63, 3.8) is 0 Å². The molecule has 0 atom stereocenters. The lowest BCUT2D eigenvalue weighted by molar-refractivity contribution is 0.0690. The molecule has 0 spiro atoms. The number of carbonyl (C=O) groups is 1. The van der Waals surface area contributed by atoms with E-state index in [1.165, 1.54) is 6.07 Å². The van der Waals surface area contributed by atoms with Crippen LogP contribution in [0.4, 0.5) is 5.95 Å². The molecule has 82 valence electrons. The fourth-order valence-electron chi connectivity index (χ4n) is 1.27. The number of nitrogens with two attached hydrogens (primary N) is 1. The molecule has 0 unspecified atom stereocenters. The maximum absolute atomic E-state index is 10.8. The number of carboxylic acids is 1. The van der Waals surface area contributed by atoms with Gasteiger partial charge in [0.15, 0.2) is 11.5 Å². The van der Waals surface area contributed by atoms with Crippen LogP contribution in [0, 0.1) is 6.92 Å². The smallest absolute Gasteiger partial charge is 0.354 e. The molecule has 0 aliphatic heterocycles. The van der Waals surface area contributed by atoms with Crippen molar-refractivity contribution in [3.05, 3.63) is 29.7 Å². The van der Waals surface area contributed by atoms with E-state index in [2.05, 4.69) is 9.97 Å². The molecule has 0 bridgehead atoms. The molecule has 3 N–H and O–H groups in total.